The molecular weight excluding hydrogens is 297 g/mol. The van der Waals surface area contributed by atoms with Crippen LogP contribution in [0.15, 0.2) is 22.7 Å². The van der Waals surface area contributed by atoms with Crippen LogP contribution in [-0.4, -0.2) is 12.0 Å². The van der Waals surface area contributed by atoms with E-state index < -0.39 is 12.6 Å². The highest BCUT2D eigenvalue weighted by atomic mass is 79.9. The summed E-state index contributed by atoms with van der Waals surface area (Å²) in [6.07, 6.45) is -5.33. The molecule has 0 fully saturated rings. The van der Waals surface area contributed by atoms with Gasteiger partial charge in [-0.05, 0) is 37.1 Å². The monoisotopic (exact) mass is 308 g/mol. The van der Waals surface area contributed by atoms with Crippen molar-refractivity contribution >= 4 is 21.7 Å². The number of hydrogen-bond acceptors (Lipinski definition) is 1. The average molecular weight is 309 g/mol. The van der Waals surface area contributed by atoms with Crippen molar-refractivity contribution in [2.24, 2.45) is 0 Å². The largest absolute Gasteiger partial charge is 0.389 e. The molecular formula is C12H12BrF3O. The van der Waals surface area contributed by atoms with Crippen LogP contribution in [0.4, 0.5) is 13.2 Å². The summed E-state index contributed by atoms with van der Waals surface area (Å²) in [7, 11) is 0. The SMILES string of the molecule is Cc1cc(Br)cc(C(=O)CCCC(F)(F)F)c1. The quantitative estimate of drug-likeness (QED) is 0.739. The zero-order valence-corrected chi connectivity index (χ0v) is 10.9. The van der Waals surface area contributed by atoms with Crippen LogP contribution in [0.1, 0.15) is 35.2 Å². The number of halogens is 4. The Kier molecular flexibility index (Phi) is 4.74. The van der Waals surface area contributed by atoms with Gasteiger partial charge in [0.25, 0.3) is 0 Å². The summed E-state index contributed by atoms with van der Waals surface area (Å²) >= 11 is 3.25. The van der Waals surface area contributed by atoms with Crippen LogP contribution in [0, 0.1) is 6.92 Å². The van der Waals surface area contributed by atoms with Gasteiger partial charge in [-0.2, -0.15) is 13.2 Å². The molecule has 0 heterocycles. The van der Waals surface area contributed by atoms with E-state index in [-0.39, 0.29) is 18.6 Å². The van der Waals surface area contributed by atoms with Crippen molar-refractivity contribution < 1.29 is 18.0 Å². The van der Waals surface area contributed by atoms with E-state index in [1.165, 1.54) is 0 Å². The van der Waals surface area contributed by atoms with Gasteiger partial charge < -0.3 is 0 Å². The molecule has 0 aliphatic rings. The van der Waals surface area contributed by atoms with Crippen LogP contribution >= 0.6 is 15.9 Å². The summed E-state index contributed by atoms with van der Waals surface area (Å²) in [6.45, 7) is 1.83. The number of alkyl halides is 3. The van der Waals surface area contributed by atoms with Gasteiger partial charge in [0.2, 0.25) is 0 Å². The standard InChI is InChI=1S/C12H12BrF3O/c1-8-5-9(7-10(13)6-8)11(17)3-2-4-12(14,15)16/h5-7H,2-4H2,1H3. The van der Waals surface area contributed by atoms with Crippen molar-refractivity contribution in [2.75, 3.05) is 0 Å². The van der Waals surface area contributed by atoms with Crippen molar-refractivity contribution in [1.82, 2.24) is 0 Å². The molecule has 0 unspecified atom stereocenters. The summed E-state index contributed by atoms with van der Waals surface area (Å²) in [4.78, 5) is 11.6. The molecule has 17 heavy (non-hydrogen) atoms. The Morgan fingerprint density at radius 2 is 1.94 bits per heavy atom. The lowest BCUT2D eigenvalue weighted by Gasteiger charge is -2.06. The zero-order valence-electron chi connectivity index (χ0n) is 9.27. The first-order valence-corrected chi connectivity index (χ1v) is 5.94. The number of aryl methyl sites for hydroxylation is 1. The number of Topliss-reactive ketones (excluding diaryl/α,β-unsaturated/α-hetero) is 1. The Morgan fingerprint density at radius 3 is 2.47 bits per heavy atom. The summed E-state index contributed by atoms with van der Waals surface area (Å²) in [5.74, 6) is -0.251. The maximum atomic E-state index is 11.9. The Balaban J connectivity index is 2.58. The van der Waals surface area contributed by atoms with Gasteiger partial charge in [-0.1, -0.05) is 15.9 Å². The molecule has 1 aromatic rings. The number of benzene rings is 1. The van der Waals surface area contributed by atoms with Gasteiger partial charge in [0.1, 0.15) is 0 Å². The predicted octanol–water partition coefficient (Wildman–Crippen LogP) is 4.67. The fourth-order valence-electron chi connectivity index (χ4n) is 1.49. The van der Waals surface area contributed by atoms with Crippen molar-refractivity contribution in [3.8, 4) is 0 Å². The third-order valence-corrected chi connectivity index (χ3v) is 2.69. The van der Waals surface area contributed by atoms with Crippen LogP contribution in [0.5, 0.6) is 0 Å². The summed E-state index contributed by atoms with van der Waals surface area (Å²) in [5.41, 5.74) is 1.36. The van der Waals surface area contributed by atoms with E-state index in [1.54, 1.807) is 12.1 Å². The molecule has 0 N–H and O–H groups in total. The molecule has 0 bridgehead atoms. The summed E-state index contributed by atoms with van der Waals surface area (Å²) in [6, 6.07) is 5.15. The molecule has 0 saturated heterocycles. The first-order chi connectivity index (χ1) is 7.78. The number of carbonyl (C=O) groups is 1. The van der Waals surface area contributed by atoms with E-state index in [0.29, 0.717) is 5.56 Å². The first-order valence-electron chi connectivity index (χ1n) is 5.15. The van der Waals surface area contributed by atoms with Gasteiger partial charge in [0, 0.05) is 22.9 Å². The van der Waals surface area contributed by atoms with Gasteiger partial charge in [0.05, 0.1) is 0 Å². The fraction of sp³-hybridized carbons (Fsp3) is 0.417. The van der Waals surface area contributed by atoms with E-state index in [9.17, 15) is 18.0 Å². The summed E-state index contributed by atoms with van der Waals surface area (Å²) in [5, 5.41) is 0. The molecule has 1 nitrogen and oxygen atoms in total. The highest BCUT2D eigenvalue weighted by molar-refractivity contribution is 9.10. The van der Waals surface area contributed by atoms with Gasteiger partial charge in [-0.3, -0.25) is 4.79 Å². The van der Waals surface area contributed by atoms with Gasteiger partial charge in [0.15, 0.2) is 5.78 Å². The smallest absolute Gasteiger partial charge is 0.294 e. The van der Waals surface area contributed by atoms with E-state index in [1.807, 2.05) is 13.0 Å². The molecule has 0 saturated carbocycles. The number of carbonyl (C=O) groups excluding carboxylic acids is 1. The zero-order chi connectivity index (χ0) is 13.1. The third kappa shape index (κ3) is 5.35. The lowest BCUT2D eigenvalue weighted by molar-refractivity contribution is -0.135. The molecule has 0 amide bonds. The average Bonchev–Trinajstić information content (AvgIpc) is 2.13. The number of ketones is 1. The lowest BCUT2D eigenvalue weighted by atomic mass is 10.0. The summed E-state index contributed by atoms with van der Waals surface area (Å²) < 4.78 is 36.5. The Bertz CT molecular complexity index is 392. The number of hydrogen-bond donors (Lipinski definition) is 0. The minimum Gasteiger partial charge on any atom is -0.294 e. The fourth-order valence-corrected chi connectivity index (χ4v) is 2.10. The molecule has 0 spiro atoms. The van der Waals surface area contributed by atoms with Gasteiger partial charge >= 0.3 is 6.18 Å². The van der Waals surface area contributed by atoms with Crippen LogP contribution in [0.3, 0.4) is 0 Å². The molecule has 0 aliphatic carbocycles. The minimum absolute atomic E-state index is 0.0740. The predicted molar refractivity (Wildman–Crippen MR) is 63.1 cm³/mol. The second kappa shape index (κ2) is 5.67. The molecule has 94 valence electrons. The van der Waals surface area contributed by atoms with Crippen molar-refractivity contribution in [2.45, 2.75) is 32.4 Å². The van der Waals surface area contributed by atoms with Gasteiger partial charge in [-0.15, -0.1) is 0 Å². The Labute approximate surface area is 106 Å². The van der Waals surface area contributed by atoms with Crippen LogP contribution in [0.2, 0.25) is 0 Å². The van der Waals surface area contributed by atoms with E-state index >= 15 is 0 Å². The first kappa shape index (κ1) is 14.2. The maximum Gasteiger partial charge on any atom is 0.389 e. The number of rotatable bonds is 4. The van der Waals surface area contributed by atoms with Crippen LogP contribution in [0.25, 0.3) is 0 Å². The van der Waals surface area contributed by atoms with Crippen molar-refractivity contribution in [1.29, 1.82) is 0 Å². The van der Waals surface area contributed by atoms with E-state index in [4.69, 9.17) is 0 Å². The van der Waals surface area contributed by atoms with E-state index in [2.05, 4.69) is 15.9 Å². The molecule has 0 radical (unpaired) electrons. The van der Waals surface area contributed by atoms with E-state index in [0.717, 1.165) is 10.0 Å². The Morgan fingerprint density at radius 1 is 1.29 bits per heavy atom. The normalized spacial score (nSPS) is 11.6. The van der Waals surface area contributed by atoms with Gasteiger partial charge in [-0.25, -0.2) is 0 Å². The topological polar surface area (TPSA) is 17.1 Å². The molecule has 0 aliphatic heterocycles. The minimum atomic E-state index is -4.19. The highest BCUT2D eigenvalue weighted by Crippen LogP contribution is 2.23. The molecule has 1 aromatic carbocycles. The second-order valence-corrected chi connectivity index (χ2v) is 4.82. The van der Waals surface area contributed by atoms with Crippen LogP contribution in [-0.2, 0) is 0 Å². The lowest BCUT2D eigenvalue weighted by Crippen LogP contribution is -2.08. The van der Waals surface area contributed by atoms with Crippen molar-refractivity contribution in [3.05, 3.63) is 33.8 Å². The third-order valence-electron chi connectivity index (χ3n) is 2.23. The van der Waals surface area contributed by atoms with Crippen LogP contribution < -0.4 is 0 Å². The highest BCUT2D eigenvalue weighted by Gasteiger charge is 2.26. The maximum absolute atomic E-state index is 11.9. The Hall–Kier alpha value is -0.840. The second-order valence-electron chi connectivity index (χ2n) is 3.91. The molecule has 5 heteroatoms. The molecule has 0 aromatic heterocycles. The molecule has 1 rings (SSSR count). The molecule has 0 atom stereocenters. The van der Waals surface area contributed by atoms with Crippen molar-refractivity contribution in [3.63, 3.8) is 0 Å².